The molecule has 5 heteroatoms. The Morgan fingerprint density at radius 3 is 2.24 bits per heavy atom. The normalized spacial score (nSPS) is 13.3. The molecule has 0 amide bonds. The molecule has 0 radical (unpaired) electrons. The number of hydrogen-bond donors (Lipinski definition) is 1. The Kier molecular flexibility index (Phi) is 4.05. The molecule has 1 heterocycles. The van der Waals surface area contributed by atoms with Crippen molar-refractivity contribution in [3.8, 4) is 0 Å². The molecule has 112 valence electrons. The van der Waals surface area contributed by atoms with Crippen LogP contribution in [-0.4, -0.2) is 10.1 Å². The van der Waals surface area contributed by atoms with Crippen LogP contribution in [0.4, 0.5) is 13.2 Å². The van der Waals surface area contributed by atoms with Gasteiger partial charge in [0.05, 0.1) is 5.56 Å². The van der Waals surface area contributed by atoms with Crippen molar-refractivity contribution in [3.05, 3.63) is 64.0 Å². The lowest BCUT2D eigenvalue weighted by atomic mass is 9.92. The predicted octanol–water partition coefficient (Wildman–Crippen LogP) is 4.11. The number of rotatable bonds is 2. The van der Waals surface area contributed by atoms with E-state index in [9.17, 15) is 18.3 Å². The maximum atomic E-state index is 13.0. The predicted molar refractivity (Wildman–Crippen MR) is 74.0 cm³/mol. The summed E-state index contributed by atoms with van der Waals surface area (Å²) in [6.07, 6.45) is -3.73. The average molecular weight is 295 g/mol. The van der Waals surface area contributed by atoms with E-state index in [1.807, 2.05) is 19.9 Å². The minimum Gasteiger partial charge on any atom is -0.384 e. The number of halogens is 3. The smallest absolute Gasteiger partial charge is 0.384 e. The van der Waals surface area contributed by atoms with Crippen molar-refractivity contribution in [2.24, 2.45) is 0 Å². The van der Waals surface area contributed by atoms with E-state index >= 15 is 0 Å². The van der Waals surface area contributed by atoms with Crippen LogP contribution in [0.15, 0.2) is 30.6 Å². The molecule has 1 unspecified atom stereocenters. The second-order valence-electron chi connectivity index (χ2n) is 5.16. The van der Waals surface area contributed by atoms with Crippen molar-refractivity contribution in [1.82, 2.24) is 4.98 Å². The monoisotopic (exact) mass is 295 g/mol. The zero-order valence-corrected chi connectivity index (χ0v) is 12.0. The molecule has 1 aromatic heterocycles. The molecular weight excluding hydrogens is 279 g/mol. The SMILES string of the molecule is Cc1cc(C)c(C(O)c2cnccc2C(F)(F)F)cc1C. The third-order valence-electron chi connectivity index (χ3n) is 3.63. The fourth-order valence-electron chi connectivity index (χ4n) is 2.33. The molecule has 0 aliphatic heterocycles. The number of aromatic nitrogens is 1. The summed E-state index contributed by atoms with van der Waals surface area (Å²) in [7, 11) is 0. The first kappa shape index (κ1) is 15.5. The van der Waals surface area contributed by atoms with E-state index in [1.165, 1.54) is 0 Å². The fourth-order valence-corrected chi connectivity index (χ4v) is 2.33. The van der Waals surface area contributed by atoms with Gasteiger partial charge in [-0.2, -0.15) is 13.2 Å². The number of aliphatic hydroxyl groups is 1. The average Bonchev–Trinajstić information content (AvgIpc) is 2.41. The van der Waals surface area contributed by atoms with E-state index in [2.05, 4.69) is 4.98 Å². The molecule has 0 bridgehead atoms. The summed E-state index contributed by atoms with van der Waals surface area (Å²) < 4.78 is 39.1. The van der Waals surface area contributed by atoms with E-state index in [0.29, 0.717) is 5.56 Å². The maximum absolute atomic E-state index is 13.0. The van der Waals surface area contributed by atoms with Crippen LogP contribution in [0.5, 0.6) is 0 Å². The van der Waals surface area contributed by atoms with Gasteiger partial charge in [-0.3, -0.25) is 4.98 Å². The largest absolute Gasteiger partial charge is 0.416 e. The molecule has 0 saturated heterocycles. The highest BCUT2D eigenvalue weighted by Crippen LogP contribution is 2.37. The van der Waals surface area contributed by atoms with Crippen LogP contribution in [-0.2, 0) is 6.18 Å². The van der Waals surface area contributed by atoms with Crippen LogP contribution in [0.25, 0.3) is 0 Å². The highest BCUT2D eigenvalue weighted by molar-refractivity contribution is 5.43. The van der Waals surface area contributed by atoms with Crippen LogP contribution >= 0.6 is 0 Å². The molecule has 1 aromatic carbocycles. The van der Waals surface area contributed by atoms with Gasteiger partial charge in [-0.1, -0.05) is 12.1 Å². The summed E-state index contributed by atoms with van der Waals surface area (Å²) in [5, 5.41) is 10.4. The van der Waals surface area contributed by atoms with Gasteiger partial charge in [0.1, 0.15) is 6.10 Å². The number of nitrogens with zero attached hydrogens (tertiary/aromatic N) is 1. The minimum atomic E-state index is -4.52. The molecule has 0 saturated carbocycles. The minimum absolute atomic E-state index is 0.226. The third kappa shape index (κ3) is 3.08. The van der Waals surface area contributed by atoms with Gasteiger partial charge in [0.25, 0.3) is 0 Å². The molecule has 2 aromatic rings. The summed E-state index contributed by atoms with van der Waals surface area (Å²) in [6.45, 7) is 5.55. The summed E-state index contributed by atoms with van der Waals surface area (Å²) in [6, 6.07) is 4.47. The second kappa shape index (κ2) is 5.48. The number of pyridine rings is 1. The Bertz CT molecular complexity index is 665. The van der Waals surface area contributed by atoms with Crippen LogP contribution < -0.4 is 0 Å². The first-order valence-electron chi connectivity index (χ1n) is 6.48. The fraction of sp³-hybridized carbons (Fsp3) is 0.312. The molecule has 1 N–H and O–H groups in total. The second-order valence-corrected chi connectivity index (χ2v) is 5.16. The number of alkyl halides is 3. The summed E-state index contributed by atoms with van der Waals surface area (Å²) in [4.78, 5) is 3.72. The summed E-state index contributed by atoms with van der Waals surface area (Å²) in [5.41, 5.74) is 2.09. The van der Waals surface area contributed by atoms with Crippen LogP contribution in [0.3, 0.4) is 0 Å². The van der Waals surface area contributed by atoms with Gasteiger partial charge in [-0.15, -0.1) is 0 Å². The molecule has 2 nitrogen and oxygen atoms in total. The lowest BCUT2D eigenvalue weighted by Gasteiger charge is -2.19. The topological polar surface area (TPSA) is 33.1 Å². The van der Waals surface area contributed by atoms with Gasteiger partial charge >= 0.3 is 6.18 Å². The third-order valence-corrected chi connectivity index (χ3v) is 3.63. The van der Waals surface area contributed by atoms with Crippen LogP contribution in [0.1, 0.15) is 39.5 Å². The van der Waals surface area contributed by atoms with Gasteiger partial charge < -0.3 is 5.11 Å². The Hall–Kier alpha value is -1.88. The van der Waals surface area contributed by atoms with Crippen molar-refractivity contribution in [3.63, 3.8) is 0 Å². The van der Waals surface area contributed by atoms with Gasteiger partial charge in [0, 0.05) is 18.0 Å². The van der Waals surface area contributed by atoms with E-state index < -0.39 is 17.8 Å². The Labute approximate surface area is 121 Å². The zero-order valence-electron chi connectivity index (χ0n) is 12.0. The van der Waals surface area contributed by atoms with Gasteiger partial charge in [0.2, 0.25) is 0 Å². The van der Waals surface area contributed by atoms with Crippen molar-refractivity contribution in [1.29, 1.82) is 0 Å². The van der Waals surface area contributed by atoms with E-state index in [-0.39, 0.29) is 5.56 Å². The molecule has 2 rings (SSSR count). The molecule has 0 spiro atoms. The Morgan fingerprint density at radius 1 is 1.00 bits per heavy atom. The molecule has 21 heavy (non-hydrogen) atoms. The maximum Gasteiger partial charge on any atom is 0.416 e. The first-order chi connectivity index (χ1) is 9.71. The van der Waals surface area contributed by atoms with Gasteiger partial charge in [-0.05, 0) is 49.1 Å². The molecule has 0 aliphatic carbocycles. The quantitative estimate of drug-likeness (QED) is 0.904. The summed E-state index contributed by atoms with van der Waals surface area (Å²) >= 11 is 0. The highest BCUT2D eigenvalue weighted by atomic mass is 19.4. The Balaban J connectivity index is 2.56. The standard InChI is InChI=1S/C16H16F3NO/c1-9-6-11(3)12(7-10(9)2)15(21)13-8-20-5-4-14(13)16(17,18)19/h4-8,15,21H,1-3H3. The lowest BCUT2D eigenvalue weighted by molar-refractivity contribution is -0.139. The van der Waals surface area contributed by atoms with Crippen LogP contribution in [0.2, 0.25) is 0 Å². The van der Waals surface area contributed by atoms with Crippen molar-refractivity contribution in [2.75, 3.05) is 0 Å². The van der Waals surface area contributed by atoms with Crippen molar-refractivity contribution >= 4 is 0 Å². The first-order valence-corrected chi connectivity index (χ1v) is 6.48. The summed E-state index contributed by atoms with van der Waals surface area (Å²) in [5.74, 6) is 0. The van der Waals surface area contributed by atoms with Crippen molar-refractivity contribution in [2.45, 2.75) is 33.1 Å². The molecule has 0 fully saturated rings. The number of hydrogen-bond acceptors (Lipinski definition) is 2. The molecule has 1 atom stereocenters. The van der Waals surface area contributed by atoms with E-state index in [1.54, 1.807) is 13.0 Å². The highest BCUT2D eigenvalue weighted by Gasteiger charge is 2.35. The Morgan fingerprint density at radius 2 is 1.62 bits per heavy atom. The molecule has 0 aliphatic rings. The van der Waals surface area contributed by atoms with Gasteiger partial charge in [-0.25, -0.2) is 0 Å². The van der Waals surface area contributed by atoms with Crippen molar-refractivity contribution < 1.29 is 18.3 Å². The lowest BCUT2D eigenvalue weighted by Crippen LogP contribution is -2.14. The van der Waals surface area contributed by atoms with E-state index in [0.717, 1.165) is 35.2 Å². The number of aryl methyl sites for hydroxylation is 3. The number of benzene rings is 1. The zero-order chi connectivity index (χ0) is 15.8. The molecular formula is C16H16F3NO. The van der Waals surface area contributed by atoms with Gasteiger partial charge in [0.15, 0.2) is 0 Å². The number of aliphatic hydroxyl groups excluding tert-OH is 1. The van der Waals surface area contributed by atoms with Crippen LogP contribution in [0, 0.1) is 20.8 Å². The van der Waals surface area contributed by atoms with E-state index in [4.69, 9.17) is 0 Å².